The van der Waals surface area contributed by atoms with Crippen molar-refractivity contribution in [2.75, 3.05) is 26.4 Å². The normalized spacial score (nSPS) is 10.8. The Kier molecular flexibility index (Phi) is 9.71. The first kappa shape index (κ1) is 22.1. The van der Waals surface area contributed by atoms with Crippen molar-refractivity contribution in [2.45, 2.75) is 46.1 Å². The number of carbonyl (C=O) groups is 1. The number of ether oxygens (including phenoxy) is 2. The summed E-state index contributed by atoms with van der Waals surface area (Å²) in [6, 6.07) is 7.67. The summed E-state index contributed by atoms with van der Waals surface area (Å²) in [7, 11) is 0. The number of rotatable bonds is 13. The van der Waals surface area contributed by atoms with E-state index >= 15 is 0 Å². The zero-order valence-electron chi connectivity index (χ0n) is 16.7. The summed E-state index contributed by atoms with van der Waals surface area (Å²) >= 11 is 5.32. The molecule has 0 saturated carbocycles. The molecule has 2 aromatic rings. The van der Waals surface area contributed by atoms with Gasteiger partial charge in [-0.2, -0.15) is 5.10 Å². The van der Waals surface area contributed by atoms with Crippen LogP contribution in [0.1, 0.15) is 39.5 Å². The minimum atomic E-state index is -0.00528. The average molecular weight is 407 g/mol. The predicted octanol–water partition coefficient (Wildman–Crippen LogP) is 3.72. The number of hydrogen-bond acceptors (Lipinski definition) is 5. The maximum atomic E-state index is 12.1. The van der Waals surface area contributed by atoms with E-state index < -0.39 is 0 Å². The van der Waals surface area contributed by atoms with Gasteiger partial charge in [0.15, 0.2) is 10.6 Å². The SMILES string of the molecule is CCCCOCCCNC(=O)CCn1c(-c2ccc(OCC)cc2)n[nH]c1=S. The standard InChI is InChI=1S/C20H30N4O3S/c1-3-5-14-26-15-6-12-21-18(25)11-13-24-19(22-23-20(24)28)16-7-9-17(10-8-16)27-4-2/h7-10H,3-6,11-15H2,1-2H3,(H,21,25)(H,23,28). The maximum absolute atomic E-state index is 12.1. The summed E-state index contributed by atoms with van der Waals surface area (Å²) in [6.07, 6.45) is 3.37. The minimum absolute atomic E-state index is 0.00528. The second-order valence-corrected chi connectivity index (χ2v) is 6.77. The average Bonchev–Trinajstić information content (AvgIpc) is 3.07. The zero-order valence-corrected chi connectivity index (χ0v) is 17.5. The number of benzene rings is 1. The van der Waals surface area contributed by atoms with E-state index in [1.807, 2.05) is 35.8 Å². The largest absolute Gasteiger partial charge is 0.494 e. The number of carbonyl (C=O) groups excluding carboxylic acids is 1. The lowest BCUT2D eigenvalue weighted by molar-refractivity contribution is -0.121. The predicted molar refractivity (Wildman–Crippen MR) is 112 cm³/mol. The number of aromatic nitrogens is 3. The van der Waals surface area contributed by atoms with Gasteiger partial charge in [0.1, 0.15) is 5.75 Å². The van der Waals surface area contributed by atoms with Gasteiger partial charge in [-0.1, -0.05) is 13.3 Å². The minimum Gasteiger partial charge on any atom is -0.494 e. The number of unbranched alkanes of at least 4 members (excludes halogenated alkanes) is 1. The molecule has 0 spiro atoms. The summed E-state index contributed by atoms with van der Waals surface area (Å²) in [5.74, 6) is 1.52. The van der Waals surface area contributed by atoms with E-state index in [2.05, 4.69) is 22.4 Å². The molecule has 0 bridgehead atoms. The van der Waals surface area contributed by atoms with Gasteiger partial charge in [0.05, 0.1) is 6.61 Å². The van der Waals surface area contributed by atoms with Crippen molar-refractivity contribution in [1.29, 1.82) is 0 Å². The van der Waals surface area contributed by atoms with Gasteiger partial charge in [-0.15, -0.1) is 0 Å². The van der Waals surface area contributed by atoms with Crippen LogP contribution in [-0.2, 0) is 16.1 Å². The van der Waals surface area contributed by atoms with Crippen molar-refractivity contribution in [1.82, 2.24) is 20.1 Å². The molecule has 0 aliphatic heterocycles. The molecule has 28 heavy (non-hydrogen) atoms. The molecule has 0 unspecified atom stereocenters. The van der Waals surface area contributed by atoms with E-state index in [1.54, 1.807) is 0 Å². The lowest BCUT2D eigenvalue weighted by atomic mass is 10.2. The molecule has 1 heterocycles. The fraction of sp³-hybridized carbons (Fsp3) is 0.550. The van der Waals surface area contributed by atoms with Gasteiger partial charge in [-0.05, 0) is 56.2 Å². The van der Waals surface area contributed by atoms with Crippen molar-refractivity contribution in [3.63, 3.8) is 0 Å². The summed E-state index contributed by atoms with van der Waals surface area (Å²) in [4.78, 5) is 12.1. The number of H-pyrrole nitrogens is 1. The third-order valence-corrected chi connectivity index (χ3v) is 4.49. The van der Waals surface area contributed by atoms with E-state index in [1.165, 1.54) is 0 Å². The van der Waals surface area contributed by atoms with E-state index in [4.69, 9.17) is 21.7 Å². The number of hydrogen-bond donors (Lipinski definition) is 2. The first-order chi connectivity index (χ1) is 13.7. The summed E-state index contributed by atoms with van der Waals surface area (Å²) in [5, 5.41) is 10.0. The van der Waals surface area contributed by atoms with Gasteiger partial charge < -0.3 is 14.8 Å². The van der Waals surface area contributed by atoms with Crippen LogP contribution in [0.25, 0.3) is 11.4 Å². The highest BCUT2D eigenvalue weighted by Gasteiger charge is 2.11. The van der Waals surface area contributed by atoms with Gasteiger partial charge in [0, 0.05) is 38.3 Å². The Labute approximate surface area is 171 Å². The lowest BCUT2D eigenvalue weighted by Crippen LogP contribution is -2.26. The van der Waals surface area contributed by atoms with Crippen LogP contribution in [0.3, 0.4) is 0 Å². The number of aromatic amines is 1. The molecule has 1 aromatic carbocycles. The molecule has 0 aliphatic rings. The first-order valence-corrected chi connectivity index (χ1v) is 10.3. The van der Waals surface area contributed by atoms with Crippen LogP contribution >= 0.6 is 12.2 Å². The van der Waals surface area contributed by atoms with E-state index in [-0.39, 0.29) is 5.91 Å². The molecule has 1 amide bonds. The molecule has 0 saturated heterocycles. The van der Waals surface area contributed by atoms with Crippen LogP contribution < -0.4 is 10.1 Å². The van der Waals surface area contributed by atoms with Crippen molar-refractivity contribution in [3.8, 4) is 17.1 Å². The van der Waals surface area contributed by atoms with Crippen molar-refractivity contribution < 1.29 is 14.3 Å². The molecule has 2 rings (SSSR count). The molecule has 154 valence electrons. The topological polar surface area (TPSA) is 81.2 Å². The van der Waals surface area contributed by atoms with Crippen molar-refractivity contribution in [3.05, 3.63) is 29.0 Å². The molecule has 7 nitrogen and oxygen atoms in total. The van der Waals surface area contributed by atoms with Crippen LogP contribution in [0.2, 0.25) is 0 Å². The lowest BCUT2D eigenvalue weighted by Gasteiger charge is -2.09. The van der Waals surface area contributed by atoms with Gasteiger partial charge >= 0.3 is 0 Å². The molecule has 0 atom stereocenters. The Morgan fingerprint density at radius 1 is 1.21 bits per heavy atom. The fourth-order valence-electron chi connectivity index (χ4n) is 2.66. The van der Waals surface area contributed by atoms with Gasteiger partial charge in [0.2, 0.25) is 5.91 Å². The summed E-state index contributed by atoms with van der Waals surface area (Å²) in [5.41, 5.74) is 0.917. The highest BCUT2D eigenvalue weighted by molar-refractivity contribution is 7.71. The van der Waals surface area contributed by atoms with Crippen LogP contribution in [0.4, 0.5) is 0 Å². The highest BCUT2D eigenvalue weighted by atomic mass is 32.1. The van der Waals surface area contributed by atoms with Gasteiger partial charge in [-0.3, -0.25) is 14.5 Å². The molecular weight excluding hydrogens is 376 g/mol. The summed E-state index contributed by atoms with van der Waals surface area (Å²) < 4.78 is 13.3. The number of amides is 1. The zero-order chi connectivity index (χ0) is 20.2. The van der Waals surface area contributed by atoms with Crippen molar-refractivity contribution in [2.24, 2.45) is 0 Å². The first-order valence-electron chi connectivity index (χ1n) is 9.88. The van der Waals surface area contributed by atoms with E-state index in [9.17, 15) is 4.79 Å². The Bertz CT molecular complexity index is 771. The smallest absolute Gasteiger partial charge is 0.221 e. The number of nitrogens with zero attached hydrogens (tertiary/aromatic N) is 2. The molecule has 8 heteroatoms. The molecular formula is C20H30N4O3S. The Morgan fingerprint density at radius 3 is 2.68 bits per heavy atom. The van der Waals surface area contributed by atoms with Crippen LogP contribution in [0, 0.1) is 4.77 Å². The Morgan fingerprint density at radius 2 is 1.96 bits per heavy atom. The molecule has 0 radical (unpaired) electrons. The van der Waals surface area contributed by atoms with Crippen LogP contribution in [0.5, 0.6) is 5.75 Å². The maximum Gasteiger partial charge on any atom is 0.221 e. The van der Waals surface area contributed by atoms with Gasteiger partial charge in [0.25, 0.3) is 0 Å². The second kappa shape index (κ2) is 12.3. The van der Waals surface area contributed by atoms with Gasteiger partial charge in [-0.25, -0.2) is 0 Å². The third-order valence-electron chi connectivity index (χ3n) is 4.17. The number of nitrogens with one attached hydrogen (secondary N) is 2. The quantitative estimate of drug-likeness (QED) is 0.391. The van der Waals surface area contributed by atoms with Crippen LogP contribution in [0.15, 0.2) is 24.3 Å². The van der Waals surface area contributed by atoms with E-state index in [0.29, 0.717) is 43.3 Å². The molecule has 0 aliphatic carbocycles. The van der Waals surface area contributed by atoms with Crippen molar-refractivity contribution >= 4 is 18.1 Å². The highest BCUT2D eigenvalue weighted by Crippen LogP contribution is 2.21. The van der Waals surface area contributed by atoms with Crippen LogP contribution in [-0.4, -0.2) is 47.0 Å². The Balaban J connectivity index is 1.82. The monoisotopic (exact) mass is 406 g/mol. The molecule has 2 N–H and O–H groups in total. The Hall–Kier alpha value is -2.19. The fourth-order valence-corrected chi connectivity index (χ4v) is 2.89. The van der Waals surface area contributed by atoms with E-state index in [0.717, 1.165) is 37.2 Å². The summed E-state index contributed by atoms with van der Waals surface area (Å²) in [6.45, 7) is 7.26. The molecule has 0 fully saturated rings. The molecule has 1 aromatic heterocycles. The third kappa shape index (κ3) is 7.09. The second-order valence-electron chi connectivity index (χ2n) is 6.38.